The van der Waals surface area contributed by atoms with Crippen LogP contribution in [0.25, 0.3) is 0 Å². The first kappa shape index (κ1) is 13.8. The fourth-order valence-corrected chi connectivity index (χ4v) is 3.29. The Hall–Kier alpha value is -1.17. The molecular formula is C15H24N4O. The van der Waals surface area contributed by atoms with E-state index in [9.17, 15) is 0 Å². The van der Waals surface area contributed by atoms with E-state index in [1.54, 1.807) is 13.3 Å². The molecule has 1 aromatic heterocycles. The first-order valence-electron chi connectivity index (χ1n) is 7.39. The van der Waals surface area contributed by atoms with Crippen LogP contribution in [-0.4, -0.2) is 79.2 Å². The van der Waals surface area contributed by atoms with Gasteiger partial charge in [0.1, 0.15) is 0 Å². The van der Waals surface area contributed by atoms with Crippen molar-refractivity contribution in [3.8, 4) is 5.88 Å². The highest BCUT2D eigenvalue weighted by atomic mass is 16.5. The molecule has 3 rings (SSSR count). The van der Waals surface area contributed by atoms with Crippen LogP contribution >= 0.6 is 0 Å². The molecule has 0 aromatic carbocycles. The van der Waals surface area contributed by atoms with Gasteiger partial charge in [-0.05, 0) is 13.1 Å². The first-order chi connectivity index (χ1) is 9.76. The molecule has 1 aromatic rings. The van der Waals surface area contributed by atoms with Gasteiger partial charge in [0.15, 0.2) is 0 Å². The molecule has 0 aliphatic carbocycles. The zero-order chi connectivity index (χ0) is 13.9. The third-order valence-electron chi connectivity index (χ3n) is 4.42. The molecule has 0 radical (unpaired) electrons. The van der Waals surface area contributed by atoms with Crippen molar-refractivity contribution < 1.29 is 4.74 Å². The van der Waals surface area contributed by atoms with Crippen molar-refractivity contribution in [1.82, 2.24) is 19.7 Å². The predicted octanol–water partition coefficient (Wildman–Crippen LogP) is 0.522. The van der Waals surface area contributed by atoms with Crippen LogP contribution in [-0.2, 0) is 6.54 Å². The Balaban J connectivity index is 1.64. The van der Waals surface area contributed by atoms with E-state index in [-0.39, 0.29) is 0 Å². The van der Waals surface area contributed by atoms with Crippen LogP contribution in [0.2, 0.25) is 0 Å². The van der Waals surface area contributed by atoms with Gasteiger partial charge in [-0.25, -0.2) is 4.98 Å². The molecule has 0 amide bonds. The number of ether oxygens (including phenoxy) is 1. The maximum absolute atomic E-state index is 5.35. The van der Waals surface area contributed by atoms with Crippen LogP contribution in [0.1, 0.15) is 5.56 Å². The Morgan fingerprint density at radius 1 is 1.25 bits per heavy atom. The van der Waals surface area contributed by atoms with Gasteiger partial charge in [-0.15, -0.1) is 0 Å². The molecule has 20 heavy (non-hydrogen) atoms. The molecule has 0 N–H and O–H groups in total. The number of hydrogen-bond donors (Lipinski definition) is 0. The van der Waals surface area contributed by atoms with E-state index in [0.29, 0.717) is 6.04 Å². The van der Waals surface area contributed by atoms with Gasteiger partial charge in [-0.3, -0.25) is 9.80 Å². The minimum atomic E-state index is 0.671. The third-order valence-corrected chi connectivity index (χ3v) is 4.42. The van der Waals surface area contributed by atoms with Crippen LogP contribution in [0.3, 0.4) is 0 Å². The number of likely N-dealkylation sites (N-methyl/N-ethyl adjacent to an activating group) is 1. The van der Waals surface area contributed by atoms with Gasteiger partial charge in [0.25, 0.3) is 0 Å². The summed E-state index contributed by atoms with van der Waals surface area (Å²) < 4.78 is 5.35. The van der Waals surface area contributed by atoms with Crippen LogP contribution in [0, 0.1) is 0 Å². The molecule has 2 saturated heterocycles. The molecule has 3 heterocycles. The molecule has 2 fully saturated rings. The summed E-state index contributed by atoms with van der Waals surface area (Å²) in [6, 6.07) is 4.78. The van der Waals surface area contributed by atoms with Gasteiger partial charge >= 0.3 is 0 Å². The Morgan fingerprint density at radius 2 is 2.10 bits per heavy atom. The molecule has 5 heteroatoms. The number of aromatic nitrogens is 1. The van der Waals surface area contributed by atoms with E-state index in [0.717, 1.165) is 25.5 Å². The van der Waals surface area contributed by atoms with Crippen LogP contribution in [0.15, 0.2) is 18.3 Å². The van der Waals surface area contributed by atoms with E-state index in [1.807, 2.05) is 6.07 Å². The second kappa shape index (κ2) is 6.08. The summed E-state index contributed by atoms with van der Waals surface area (Å²) in [5.74, 6) is 0.760. The lowest BCUT2D eigenvalue weighted by atomic mass is 10.1. The Bertz CT molecular complexity index is 453. The fraction of sp³-hybridized carbons (Fsp3) is 0.667. The molecule has 1 unspecified atom stereocenters. The van der Waals surface area contributed by atoms with Gasteiger partial charge in [-0.2, -0.15) is 0 Å². The van der Waals surface area contributed by atoms with Crippen LogP contribution in [0.5, 0.6) is 5.88 Å². The van der Waals surface area contributed by atoms with Crippen molar-refractivity contribution in [3.05, 3.63) is 23.9 Å². The lowest BCUT2D eigenvalue weighted by Crippen LogP contribution is -2.61. The molecule has 0 spiro atoms. The number of fused-ring (bicyclic) bond motifs is 1. The van der Waals surface area contributed by atoms with Crippen molar-refractivity contribution in [2.24, 2.45) is 0 Å². The Kier molecular flexibility index (Phi) is 4.19. The highest BCUT2D eigenvalue weighted by molar-refractivity contribution is 5.25. The number of nitrogens with zero attached hydrogens (tertiary/aromatic N) is 4. The summed E-state index contributed by atoms with van der Waals surface area (Å²) in [6.45, 7) is 7.99. The van der Waals surface area contributed by atoms with Crippen molar-refractivity contribution in [2.45, 2.75) is 12.6 Å². The van der Waals surface area contributed by atoms with Crippen molar-refractivity contribution >= 4 is 0 Å². The standard InChI is InChI=1S/C15H24N4O/c1-17-6-8-19-9-7-18(12-14(19)11-17)10-13-4-3-5-16-15(13)20-2/h3-5,14H,6-12H2,1-2H3. The summed E-state index contributed by atoms with van der Waals surface area (Å²) in [7, 11) is 3.92. The lowest BCUT2D eigenvalue weighted by molar-refractivity contribution is 0.0172. The largest absolute Gasteiger partial charge is 0.481 e. The molecule has 1 atom stereocenters. The van der Waals surface area contributed by atoms with Gasteiger partial charge < -0.3 is 9.64 Å². The highest BCUT2D eigenvalue weighted by Crippen LogP contribution is 2.20. The summed E-state index contributed by atoms with van der Waals surface area (Å²) >= 11 is 0. The van der Waals surface area contributed by atoms with Crippen molar-refractivity contribution in [3.63, 3.8) is 0 Å². The molecule has 110 valence electrons. The van der Waals surface area contributed by atoms with Crippen molar-refractivity contribution in [1.29, 1.82) is 0 Å². The summed E-state index contributed by atoms with van der Waals surface area (Å²) in [5, 5.41) is 0. The molecule has 0 bridgehead atoms. The van der Waals surface area contributed by atoms with E-state index >= 15 is 0 Å². The first-order valence-corrected chi connectivity index (χ1v) is 7.39. The number of pyridine rings is 1. The van der Waals surface area contributed by atoms with E-state index in [4.69, 9.17) is 4.74 Å². The minimum Gasteiger partial charge on any atom is -0.481 e. The molecule has 5 nitrogen and oxygen atoms in total. The lowest BCUT2D eigenvalue weighted by Gasteiger charge is -2.46. The molecule has 2 aliphatic heterocycles. The zero-order valence-corrected chi connectivity index (χ0v) is 12.5. The number of hydrogen-bond acceptors (Lipinski definition) is 5. The number of methoxy groups -OCH3 is 1. The third kappa shape index (κ3) is 2.95. The summed E-state index contributed by atoms with van der Waals surface area (Å²) in [4.78, 5) is 11.9. The van der Waals surface area contributed by atoms with Gasteiger partial charge in [-0.1, -0.05) is 6.07 Å². The SMILES string of the molecule is COc1ncccc1CN1CCN2CCN(C)CC2C1. The smallest absolute Gasteiger partial charge is 0.217 e. The number of rotatable bonds is 3. The van der Waals surface area contributed by atoms with Gasteiger partial charge in [0.2, 0.25) is 5.88 Å². The van der Waals surface area contributed by atoms with E-state index < -0.39 is 0 Å². The summed E-state index contributed by atoms with van der Waals surface area (Å²) in [5.41, 5.74) is 1.19. The van der Waals surface area contributed by atoms with E-state index in [1.165, 1.54) is 31.7 Å². The van der Waals surface area contributed by atoms with Gasteiger partial charge in [0.05, 0.1) is 7.11 Å². The molecular weight excluding hydrogens is 252 g/mol. The second-order valence-electron chi connectivity index (χ2n) is 5.86. The maximum atomic E-state index is 5.35. The monoisotopic (exact) mass is 276 g/mol. The number of piperazine rings is 2. The van der Waals surface area contributed by atoms with Crippen LogP contribution in [0.4, 0.5) is 0 Å². The van der Waals surface area contributed by atoms with Crippen LogP contribution < -0.4 is 4.74 Å². The average molecular weight is 276 g/mol. The molecule has 0 saturated carbocycles. The van der Waals surface area contributed by atoms with E-state index in [2.05, 4.69) is 32.8 Å². The highest BCUT2D eigenvalue weighted by Gasteiger charge is 2.30. The quantitative estimate of drug-likeness (QED) is 0.804. The average Bonchev–Trinajstić information content (AvgIpc) is 2.47. The van der Waals surface area contributed by atoms with Gasteiger partial charge in [0, 0.05) is 63.6 Å². The summed E-state index contributed by atoms with van der Waals surface area (Å²) in [6.07, 6.45) is 1.79. The maximum Gasteiger partial charge on any atom is 0.217 e. The Labute approximate surface area is 121 Å². The molecule has 2 aliphatic rings. The fourth-order valence-electron chi connectivity index (χ4n) is 3.29. The van der Waals surface area contributed by atoms with Crippen molar-refractivity contribution in [2.75, 3.05) is 53.4 Å². The Morgan fingerprint density at radius 3 is 2.95 bits per heavy atom. The minimum absolute atomic E-state index is 0.671. The zero-order valence-electron chi connectivity index (χ0n) is 12.5. The predicted molar refractivity (Wildman–Crippen MR) is 78.9 cm³/mol. The topological polar surface area (TPSA) is 31.8 Å². The normalized spacial score (nSPS) is 25.4. The second-order valence-corrected chi connectivity index (χ2v) is 5.86.